The lowest BCUT2D eigenvalue weighted by Gasteiger charge is -2.23. The smallest absolute Gasteiger partial charge is 0.255 e. The standard InChI is InChI=1S/C14H20ClN3O2/c1-4-18(5-2)13(19)9-17(3)14(20)11-8-10(16)6-7-12(11)15/h6-8H,4-5,9,16H2,1-3H3. The maximum atomic E-state index is 12.3. The Kier molecular flexibility index (Phi) is 5.82. The van der Waals surface area contributed by atoms with Crippen LogP contribution in [0.1, 0.15) is 24.2 Å². The van der Waals surface area contributed by atoms with Gasteiger partial charge in [-0.3, -0.25) is 9.59 Å². The number of halogens is 1. The Hall–Kier alpha value is -1.75. The van der Waals surface area contributed by atoms with E-state index in [2.05, 4.69) is 0 Å². The zero-order chi connectivity index (χ0) is 15.3. The summed E-state index contributed by atoms with van der Waals surface area (Å²) in [7, 11) is 1.57. The molecule has 2 N–H and O–H groups in total. The summed E-state index contributed by atoms with van der Waals surface area (Å²) in [6.45, 7) is 5.06. The van der Waals surface area contributed by atoms with Gasteiger partial charge in [0.15, 0.2) is 0 Å². The minimum atomic E-state index is -0.317. The van der Waals surface area contributed by atoms with Crippen LogP contribution in [-0.4, -0.2) is 48.3 Å². The van der Waals surface area contributed by atoms with E-state index >= 15 is 0 Å². The summed E-state index contributed by atoms with van der Waals surface area (Å²) in [5.41, 5.74) is 6.42. The average molecular weight is 298 g/mol. The Morgan fingerprint density at radius 3 is 2.40 bits per heavy atom. The van der Waals surface area contributed by atoms with Crippen LogP contribution < -0.4 is 5.73 Å². The maximum absolute atomic E-state index is 12.3. The quantitative estimate of drug-likeness (QED) is 0.844. The van der Waals surface area contributed by atoms with Gasteiger partial charge in [-0.25, -0.2) is 0 Å². The Morgan fingerprint density at radius 2 is 1.85 bits per heavy atom. The molecule has 1 aromatic carbocycles. The van der Waals surface area contributed by atoms with E-state index in [0.717, 1.165) is 0 Å². The number of benzene rings is 1. The molecule has 2 amide bonds. The number of nitrogens with two attached hydrogens (primary N) is 1. The summed E-state index contributed by atoms with van der Waals surface area (Å²) in [5.74, 6) is -0.409. The van der Waals surface area contributed by atoms with E-state index < -0.39 is 0 Å². The number of rotatable bonds is 5. The molecule has 0 saturated carbocycles. The Balaban J connectivity index is 2.82. The van der Waals surface area contributed by atoms with Gasteiger partial charge < -0.3 is 15.5 Å². The van der Waals surface area contributed by atoms with Crippen LogP contribution in [0.4, 0.5) is 5.69 Å². The van der Waals surface area contributed by atoms with Crippen molar-refractivity contribution in [2.75, 3.05) is 32.4 Å². The van der Waals surface area contributed by atoms with Gasteiger partial charge in [-0.2, -0.15) is 0 Å². The van der Waals surface area contributed by atoms with E-state index in [1.165, 1.54) is 11.0 Å². The number of likely N-dealkylation sites (N-methyl/N-ethyl adjacent to an activating group) is 2. The molecule has 1 aromatic rings. The van der Waals surface area contributed by atoms with Crippen molar-refractivity contribution in [2.24, 2.45) is 0 Å². The Morgan fingerprint density at radius 1 is 1.25 bits per heavy atom. The van der Waals surface area contributed by atoms with Crippen LogP contribution in [-0.2, 0) is 4.79 Å². The molecule has 0 atom stereocenters. The van der Waals surface area contributed by atoms with Gasteiger partial charge in [-0.05, 0) is 32.0 Å². The van der Waals surface area contributed by atoms with Gasteiger partial charge in [-0.15, -0.1) is 0 Å². The van der Waals surface area contributed by atoms with Crippen molar-refractivity contribution in [3.63, 3.8) is 0 Å². The molecule has 6 heteroatoms. The van der Waals surface area contributed by atoms with Crippen molar-refractivity contribution in [3.05, 3.63) is 28.8 Å². The van der Waals surface area contributed by atoms with Crippen LogP contribution in [0.15, 0.2) is 18.2 Å². The third-order valence-electron chi connectivity index (χ3n) is 3.06. The summed E-state index contributed by atoms with van der Waals surface area (Å²) in [6, 6.07) is 4.72. The number of carbonyl (C=O) groups is 2. The fraction of sp³-hybridized carbons (Fsp3) is 0.429. The van der Waals surface area contributed by atoms with Gasteiger partial charge in [0.05, 0.1) is 17.1 Å². The van der Waals surface area contributed by atoms with Crippen LogP contribution in [0, 0.1) is 0 Å². The summed E-state index contributed by atoms with van der Waals surface area (Å²) >= 11 is 5.99. The number of hydrogen-bond donors (Lipinski definition) is 1. The van der Waals surface area contributed by atoms with Gasteiger partial charge >= 0.3 is 0 Å². The maximum Gasteiger partial charge on any atom is 0.255 e. The lowest BCUT2D eigenvalue weighted by Crippen LogP contribution is -2.41. The van der Waals surface area contributed by atoms with Crippen molar-refractivity contribution in [1.82, 2.24) is 9.80 Å². The fourth-order valence-electron chi connectivity index (χ4n) is 1.86. The number of amides is 2. The minimum absolute atomic E-state index is 0.0195. The van der Waals surface area contributed by atoms with Crippen molar-refractivity contribution >= 4 is 29.1 Å². The second kappa shape index (κ2) is 7.14. The first-order valence-corrected chi connectivity index (χ1v) is 6.86. The molecule has 0 aliphatic rings. The van der Waals surface area contributed by atoms with E-state index in [4.69, 9.17) is 17.3 Å². The molecule has 0 heterocycles. The van der Waals surface area contributed by atoms with Crippen molar-refractivity contribution in [1.29, 1.82) is 0 Å². The fourth-order valence-corrected chi connectivity index (χ4v) is 2.06. The van der Waals surface area contributed by atoms with Crippen molar-refractivity contribution < 1.29 is 9.59 Å². The molecule has 0 fully saturated rings. The van der Waals surface area contributed by atoms with Gasteiger partial charge in [0.1, 0.15) is 0 Å². The first-order chi connectivity index (χ1) is 9.40. The van der Waals surface area contributed by atoms with Crippen molar-refractivity contribution in [2.45, 2.75) is 13.8 Å². The molecule has 0 radical (unpaired) electrons. The molecule has 0 bridgehead atoms. The van der Waals surface area contributed by atoms with Crippen LogP contribution in [0.2, 0.25) is 5.02 Å². The third kappa shape index (κ3) is 3.87. The van der Waals surface area contributed by atoms with Crippen molar-refractivity contribution in [3.8, 4) is 0 Å². The zero-order valence-electron chi connectivity index (χ0n) is 12.0. The first-order valence-electron chi connectivity index (χ1n) is 6.48. The molecular formula is C14H20ClN3O2. The van der Waals surface area contributed by atoms with E-state index in [9.17, 15) is 9.59 Å². The summed E-state index contributed by atoms with van der Waals surface area (Å²) in [4.78, 5) is 27.3. The number of nitrogens with zero attached hydrogens (tertiary/aromatic N) is 2. The predicted molar refractivity (Wildman–Crippen MR) is 80.8 cm³/mol. The molecule has 0 aliphatic heterocycles. The zero-order valence-corrected chi connectivity index (χ0v) is 12.8. The molecular weight excluding hydrogens is 278 g/mol. The van der Waals surface area contributed by atoms with E-state index in [0.29, 0.717) is 29.4 Å². The Labute approximate surface area is 124 Å². The van der Waals surface area contributed by atoms with E-state index in [1.54, 1.807) is 24.1 Å². The van der Waals surface area contributed by atoms with Crippen LogP contribution in [0.5, 0.6) is 0 Å². The summed E-state index contributed by atoms with van der Waals surface area (Å²) in [6.07, 6.45) is 0. The molecule has 110 valence electrons. The highest BCUT2D eigenvalue weighted by Crippen LogP contribution is 2.20. The SMILES string of the molecule is CCN(CC)C(=O)CN(C)C(=O)c1cc(N)ccc1Cl. The van der Waals surface area contributed by atoms with Gasteiger partial charge in [-0.1, -0.05) is 11.6 Å². The molecule has 1 rings (SSSR count). The van der Waals surface area contributed by atoms with Gasteiger partial charge in [0, 0.05) is 25.8 Å². The minimum Gasteiger partial charge on any atom is -0.399 e. The second-order valence-corrected chi connectivity index (χ2v) is 4.87. The molecule has 0 spiro atoms. The molecule has 20 heavy (non-hydrogen) atoms. The highest BCUT2D eigenvalue weighted by molar-refractivity contribution is 6.34. The molecule has 0 saturated heterocycles. The average Bonchev–Trinajstić information content (AvgIpc) is 2.42. The lowest BCUT2D eigenvalue weighted by molar-refractivity contribution is -0.131. The molecule has 0 aromatic heterocycles. The van der Waals surface area contributed by atoms with Gasteiger partial charge in [0.2, 0.25) is 5.91 Å². The Bertz CT molecular complexity index is 501. The number of carbonyl (C=O) groups excluding carboxylic acids is 2. The van der Waals surface area contributed by atoms with Gasteiger partial charge in [0.25, 0.3) is 5.91 Å². The van der Waals surface area contributed by atoms with Crippen LogP contribution in [0.25, 0.3) is 0 Å². The van der Waals surface area contributed by atoms with Crippen LogP contribution in [0.3, 0.4) is 0 Å². The first kappa shape index (κ1) is 16.3. The summed E-state index contributed by atoms with van der Waals surface area (Å²) < 4.78 is 0. The third-order valence-corrected chi connectivity index (χ3v) is 3.39. The topological polar surface area (TPSA) is 66.6 Å². The molecule has 0 aliphatic carbocycles. The molecule has 0 unspecified atom stereocenters. The largest absolute Gasteiger partial charge is 0.399 e. The number of anilines is 1. The highest BCUT2D eigenvalue weighted by atomic mass is 35.5. The predicted octanol–water partition coefficient (Wildman–Crippen LogP) is 1.86. The second-order valence-electron chi connectivity index (χ2n) is 4.47. The summed E-state index contributed by atoms with van der Waals surface area (Å²) in [5, 5.41) is 0.325. The lowest BCUT2D eigenvalue weighted by atomic mass is 10.1. The van der Waals surface area contributed by atoms with Crippen LogP contribution >= 0.6 is 11.6 Å². The monoisotopic (exact) mass is 297 g/mol. The number of hydrogen-bond acceptors (Lipinski definition) is 3. The highest BCUT2D eigenvalue weighted by Gasteiger charge is 2.19. The number of nitrogen functional groups attached to an aromatic ring is 1. The molecule has 5 nitrogen and oxygen atoms in total. The van der Waals surface area contributed by atoms with E-state index in [-0.39, 0.29) is 18.4 Å². The normalized spacial score (nSPS) is 10.2. The van der Waals surface area contributed by atoms with E-state index in [1.807, 2.05) is 13.8 Å².